The van der Waals surface area contributed by atoms with Gasteiger partial charge in [-0.15, -0.1) is 0 Å². The number of piperidine rings is 2. The molecular weight excluding hydrogens is 532 g/mol. The Hall–Kier alpha value is -3.40. The largest absolute Gasteiger partial charge is 0.488 e. The number of nitrogens with two attached hydrogens (primary N) is 1. The van der Waals surface area contributed by atoms with Crippen LogP contribution in [0.3, 0.4) is 0 Å². The van der Waals surface area contributed by atoms with Gasteiger partial charge in [0.05, 0.1) is 11.4 Å². The van der Waals surface area contributed by atoms with Gasteiger partial charge in [0.1, 0.15) is 17.9 Å². The summed E-state index contributed by atoms with van der Waals surface area (Å²) in [4.78, 5) is 20.3. The molecule has 2 aliphatic heterocycles. The number of likely N-dealkylation sites (tertiary alicyclic amines) is 2. The summed E-state index contributed by atoms with van der Waals surface area (Å²) in [6.45, 7) is 3.89. The molecule has 8 nitrogen and oxygen atoms in total. The quantitative estimate of drug-likeness (QED) is 0.232. The van der Waals surface area contributed by atoms with Crippen molar-refractivity contribution < 1.29 is 9.53 Å². The normalized spacial score (nSPS) is 17.6. The van der Waals surface area contributed by atoms with Gasteiger partial charge in [0.15, 0.2) is 0 Å². The lowest BCUT2D eigenvalue weighted by molar-refractivity contribution is -0.121. The van der Waals surface area contributed by atoms with Crippen LogP contribution in [0.2, 0.25) is 0 Å². The highest BCUT2D eigenvalue weighted by molar-refractivity contribution is 7.08. The lowest BCUT2D eigenvalue weighted by Gasteiger charge is -2.33. The van der Waals surface area contributed by atoms with Crippen LogP contribution in [-0.2, 0) is 4.79 Å². The second kappa shape index (κ2) is 13.1. The number of nitrogens with zero attached hydrogens (tertiary/aromatic N) is 3. The van der Waals surface area contributed by atoms with Crippen molar-refractivity contribution >= 4 is 40.0 Å². The SMILES string of the molecule is CN1CCC(Oc2ccc(C(=N)c3cc(NC(=O)C(c4ccsc4)N4CCCCC4)ccc3N)cc2N(C)C)CC1. The smallest absolute Gasteiger partial charge is 0.246 e. The summed E-state index contributed by atoms with van der Waals surface area (Å²) in [5.41, 5.74) is 11.1. The molecule has 9 heteroatoms. The van der Waals surface area contributed by atoms with Gasteiger partial charge >= 0.3 is 0 Å². The minimum atomic E-state index is -0.332. The maximum atomic E-state index is 13.6. The third kappa shape index (κ3) is 6.92. The molecule has 4 N–H and O–H groups in total. The molecule has 1 unspecified atom stereocenters. The van der Waals surface area contributed by atoms with Gasteiger partial charge in [0, 0.05) is 49.7 Å². The number of ether oxygens (including phenoxy) is 1. The lowest BCUT2D eigenvalue weighted by Crippen LogP contribution is -2.40. The van der Waals surface area contributed by atoms with Crippen LogP contribution in [0.25, 0.3) is 0 Å². The fourth-order valence-corrected chi connectivity index (χ4v) is 6.44. The molecule has 41 heavy (non-hydrogen) atoms. The standard InChI is InChI=1S/C32H42N6O2S/c1-36(2)28-19-22(7-10-29(28)40-25-11-16-37(3)17-12-25)30(34)26-20-24(8-9-27(26)33)35-32(39)31(23-13-18-41-21-23)38-14-5-4-6-15-38/h7-10,13,18-21,25,31,34H,4-6,11-12,14-17,33H2,1-3H3,(H,35,39). The molecule has 2 aliphatic rings. The van der Waals surface area contributed by atoms with Crippen LogP contribution in [0.15, 0.2) is 53.2 Å². The fraction of sp³-hybridized carbons (Fsp3) is 0.438. The number of hydrogen-bond acceptors (Lipinski definition) is 8. The average molecular weight is 575 g/mol. The number of carbonyl (C=O) groups is 1. The first-order valence-corrected chi connectivity index (χ1v) is 15.5. The zero-order valence-corrected chi connectivity index (χ0v) is 25.2. The van der Waals surface area contributed by atoms with Crippen molar-refractivity contribution in [3.8, 4) is 5.75 Å². The summed E-state index contributed by atoms with van der Waals surface area (Å²) in [5.74, 6) is 0.769. The third-order valence-electron chi connectivity index (χ3n) is 8.14. The highest BCUT2D eigenvalue weighted by Gasteiger charge is 2.29. The van der Waals surface area contributed by atoms with Crippen LogP contribution in [0.1, 0.15) is 54.8 Å². The Kier molecular flexibility index (Phi) is 9.27. The van der Waals surface area contributed by atoms with Gasteiger partial charge in [-0.2, -0.15) is 11.3 Å². The maximum Gasteiger partial charge on any atom is 0.246 e. The van der Waals surface area contributed by atoms with Gasteiger partial charge in [-0.3, -0.25) is 15.1 Å². The summed E-state index contributed by atoms with van der Waals surface area (Å²) in [5, 5.41) is 16.3. The van der Waals surface area contributed by atoms with Crippen molar-refractivity contribution in [3.63, 3.8) is 0 Å². The van der Waals surface area contributed by atoms with Gasteiger partial charge in [-0.1, -0.05) is 6.42 Å². The van der Waals surface area contributed by atoms with Gasteiger partial charge in [0.2, 0.25) is 5.91 Å². The van der Waals surface area contributed by atoms with E-state index in [2.05, 4.69) is 27.5 Å². The van der Waals surface area contributed by atoms with E-state index >= 15 is 0 Å². The summed E-state index contributed by atoms with van der Waals surface area (Å²) < 4.78 is 6.41. The number of thiophene rings is 1. The minimum absolute atomic E-state index is 0.0575. The molecule has 218 valence electrons. The second-order valence-corrected chi connectivity index (χ2v) is 12.2. The Morgan fingerprint density at radius 2 is 1.83 bits per heavy atom. The van der Waals surface area contributed by atoms with E-state index < -0.39 is 0 Å². The molecule has 2 saturated heterocycles. The molecule has 0 saturated carbocycles. The monoisotopic (exact) mass is 574 g/mol. The first-order chi connectivity index (χ1) is 19.8. The molecule has 2 aromatic carbocycles. The number of amides is 1. The van der Waals surface area contributed by atoms with Crippen LogP contribution >= 0.6 is 11.3 Å². The van der Waals surface area contributed by atoms with Gasteiger partial charge in [0.25, 0.3) is 0 Å². The van der Waals surface area contributed by atoms with Crippen molar-refractivity contribution in [2.45, 2.75) is 44.2 Å². The molecule has 0 spiro atoms. The molecular formula is C32H42N6O2S. The van der Waals surface area contributed by atoms with E-state index in [-0.39, 0.29) is 18.1 Å². The Morgan fingerprint density at radius 3 is 2.51 bits per heavy atom. The maximum absolute atomic E-state index is 13.6. The van der Waals surface area contributed by atoms with Crippen molar-refractivity contribution in [2.24, 2.45) is 0 Å². The third-order valence-corrected chi connectivity index (χ3v) is 8.84. The Balaban J connectivity index is 1.35. The number of anilines is 3. The fourth-order valence-electron chi connectivity index (χ4n) is 5.76. The highest BCUT2D eigenvalue weighted by Crippen LogP contribution is 2.33. The van der Waals surface area contributed by atoms with Crippen molar-refractivity contribution in [2.75, 3.05) is 63.3 Å². The van der Waals surface area contributed by atoms with E-state index in [0.29, 0.717) is 22.6 Å². The van der Waals surface area contributed by atoms with Gasteiger partial charge in [-0.05, 0) is 105 Å². The number of carbonyl (C=O) groups excluding carboxylic acids is 1. The van der Waals surface area contributed by atoms with Crippen LogP contribution in [0, 0.1) is 5.41 Å². The van der Waals surface area contributed by atoms with E-state index in [1.54, 1.807) is 17.4 Å². The molecule has 0 aliphatic carbocycles. The molecule has 1 amide bonds. The number of nitrogen functional groups attached to an aromatic ring is 1. The summed E-state index contributed by atoms with van der Waals surface area (Å²) in [6, 6.07) is 13.0. The predicted octanol–water partition coefficient (Wildman–Crippen LogP) is 5.45. The number of nitrogens with one attached hydrogen (secondary N) is 2. The summed E-state index contributed by atoms with van der Waals surface area (Å²) in [6.07, 6.45) is 5.61. The van der Waals surface area contributed by atoms with E-state index in [1.165, 1.54) is 6.42 Å². The molecule has 1 atom stereocenters. The molecule has 3 heterocycles. The molecule has 2 fully saturated rings. The molecule has 0 radical (unpaired) electrons. The van der Waals surface area contributed by atoms with Gasteiger partial charge < -0.3 is 25.6 Å². The van der Waals surface area contributed by atoms with Crippen molar-refractivity contribution in [1.29, 1.82) is 5.41 Å². The Labute approximate surface area is 247 Å². The van der Waals surface area contributed by atoms with E-state index in [1.807, 2.05) is 60.8 Å². The van der Waals surface area contributed by atoms with E-state index in [4.69, 9.17) is 15.9 Å². The zero-order chi connectivity index (χ0) is 28.9. The Bertz CT molecular complexity index is 1340. The molecule has 3 aromatic rings. The molecule has 5 rings (SSSR count). The zero-order valence-electron chi connectivity index (χ0n) is 24.4. The lowest BCUT2D eigenvalue weighted by atomic mass is 9.99. The topological polar surface area (TPSA) is 97.9 Å². The average Bonchev–Trinajstić information content (AvgIpc) is 3.50. The number of benzene rings is 2. The first-order valence-electron chi connectivity index (χ1n) is 14.5. The van der Waals surface area contributed by atoms with Crippen LogP contribution < -0.4 is 20.7 Å². The summed E-state index contributed by atoms with van der Waals surface area (Å²) >= 11 is 1.61. The van der Waals surface area contributed by atoms with Gasteiger partial charge in [-0.25, -0.2) is 0 Å². The van der Waals surface area contributed by atoms with Crippen molar-refractivity contribution in [3.05, 3.63) is 69.9 Å². The van der Waals surface area contributed by atoms with Crippen LogP contribution in [0.5, 0.6) is 5.75 Å². The van der Waals surface area contributed by atoms with E-state index in [0.717, 1.165) is 74.4 Å². The minimum Gasteiger partial charge on any atom is -0.488 e. The molecule has 0 bridgehead atoms. The highest BCUT2D eigenvalue weighted by atomic mass is 32.1. The number of hydrogen-bond donors (Lipinski definition) is 3. The predicted molar refractivity (Wildman–Crippen MR) is 170 cm³/mol. The van der Waals surface area contributed by atoms with E-state index in [9.17, 15) is 4.79 Å². The first kappa shape index (κ1) is 29.1. The van der Waals surface area contributed by atoms with Crippen molar-refractivity contribution in [1.82, 2.24) is 9.80 Å². The van der Waals surface area contributed by atoms with Crippen LogP contribution in [0.4, 0.5) is 17.1 Å². The second-order valence-electron chi connectivity index (χ2n) is 11.4. The number of rotatable bonds is 9. The molecule has 1 aromatic heterocycles. The van der Waals surface area contributed by atoms with Crippen LogP contribution in [-0.4, -0.2) is 74.8 Å². The summed E-state index contributed by atoms with van der Waals surface area (Å²) in [7, 11) is 6.12. The Morgan fingerprint density at radius 1 is 1.07 bits per heavy atom.